The van der Waals surface area contributed by atoms with E-state index in [4.69, 9.17) is 0 Å². The van der Waals surface area contributed by atoms with E-state index in [9.17, 15) is 9.90 Å². The molecule has 0 aliphatic carbocycles. The fraction of sp³-hybridized carbons (Fsp3) is 0.222. The summed E-state index contributed by atoms with van der Waals surface area (Å²) in [4.78, 5) is 16.6. The van der Waals surface area contributed by atoms with Crippen molar-refractivity contribution in [3.8, 4) is 16.3 Å². The van der Waals surface area contributed by atoms with E-state index in [-0.39, 0.29) is 17.3 Å². The Hall–Kier alpha value is -2.60. The summed E-state index contributed by atoms with van der Waals surface area (Å²) in [5.41, 5.74) is 1.77. The summed E-state index contributed by atoms with van der Waals surface area (Å²) in [6.45, 7) is 5.74. The largest absolute Gasteiger partial charge is 0.507 e. The number of para-hydroxylation sites is 1. The minimum atomic E-state index is -0.323. The van der Waals surface area contributed by atoms with Gasteiger partial charge in [0.05, 0.1) is 15.8 Å². The van der Waals surface area contributed by atoms with Crippen molar-refractivity contribution in [1.82, 2.24) is 10.3 Å². The van der Waals surface area contributed by atoms with Gasteiger partial charge in [-0.2, -0.15) is 0 Å². The summed E-state index contributed by atoms with van der Waals surface area (Å²) in [5, 5.41) is 16.5. The Bertz CT molecular complexity index is 864. The average Bonchev–Trinajstić information content (AvgIpc) is 2.91. The van der Waals surface area contributed by atoms with Gasteiger partial charge in [-0.3, -0.25) is 0 Å². The van der Waals surface area contributed by atoms with Crippen LogP contribution in [-0.4, -0.2) is 21.7 Å². The Balaban J connectivity index is 1.90. The molecule has 0 fully saturated rings. The van der Waals surface area contributed by atoms with Crippen LogP contribution in [0.25, 0.3) is 20.8 Å². The molecule has 5 nitrogen and oxygen atoms in total. The second-order valence-corrected chi connectivity index (χ2v) is 7.58. The highest BCUT2D eigenvalue weighted by Gasteiger charge is 2.15. The van der Waals surface area contributed by atoms with Crippen LogP contribution in [0.2, 0.25) is 0 Å². The third-order valence-corrected chi connectivity index (χ3v) is 4.34. The van der Waals surface area contributed by atoms with Crippen molar-refractivity contribution in [1.29, 1.82) is 0 Å². The highest BCUT2D eigenvalue weighted by molar-refractivity contribution is 7.21. The standard InChI is InChI=1S/C18H19N3O2S/c1-18(2,3)21-17(23)19-11-8-9-14(22)12(10-11)16-20-13-6-4-5-7-15(13)24-16/h4-10,22H,1-3H3,(H2,19,21,23). The van der Waals surface area contributed by atoms with Crippen molar-refractivity contribution in [2.24, 2.45) is 0 Å². The molecule has 1 heterocycles. The lowest BCUT2D eigenvalue weighted by molar-refractivity contribution is 0.244. The van der Waals surface area contributed by atoms with Gasteiger partial charge in [0.1, 0.15) is 10.8 Å². The predicted molar refractivity (Wildman–Crippen MR) is 98.6 cm³/mol. The number of hydrogen-bond acceptors (Lipinski definition) is 4. The summed E-state index contributed by atoms with van der Waals surface area (Å²) in [5.74, 6) is 0.135. The molecule has 2 aromatic carbocycles. The van der Waals surface area contributed by atoms with Gasteiger partial charge in [-0.25, -0.2) is 9.78 Å². The number of nitrogens with one attached hydrogen (secondary N) is 2. The van der Waals surface area contributed by atoms with E-state index in [0.717, 1.165) is 10.2 Å². The topological polar surface area (TPSA) is 74.2 Å². The number of benzene rings is 2. The van der Waals surface area contributed by atoms with Crippen LogP contribution in [0.5, 0.6) is 5.75 Å². The smallest absolute Gasteiger partial charge is 0.319 e. The molecular weight excluding hydrogens is 322 g/mol. The van der Waals surface area contributed by atoms with Crippen LogP contribution in [0.1, 0.15) is 20.8 Å². The van der Waals surface area contributed by atoms with Gasteiger partial charge in [0.15, 0.2) is 0 Å². The van der Waals surface area contributed by atoms with Crippen molar-refractivity contribution in [2.45, 2.75) is 26.3 Å². The lowest BCUT2D eigenvalue weighted by Gasteiger charge is -2.20. The number of nitrogens with zero attached hydrogens (tertiary/aromatic N) is 1. The average molecular weight is 341 g/mol. The van der Waals surface area contributed by atoms with Crippen LogP contribution < -0.4 is 10.6 Å². The van der Waals surface area contributed by atoms with E-state index in [1.54, 1.807) is 18.2 Å². The number of thiazole rings is 1. The van der Waals surface area contributed by atoms with E-state index >= 15 is 0 Å². The monoisotopic (exact) mass is 341 g/mol. The molecule has 0 unspecified atom stereocenters. The van der Waals surface area contributed by atoms with Gasteiger partial charge in [-0.05, 0) is 51.1 Å². The van der Waals surface area contributed by atoms with Gasteiger partial charge in [0.25, 0.3) is 0 Å². The zero-order chi connectivity index (χ0) is 17.3. The van der Waals surface area contributed by atoms with Gasteiger partial charge in [-0.15, -0.1) is 11.3 Å². The highest BCUT2D eigenvalue weighted by atomic mass is 32.1. The third-order valence-electron chi connectivity index (χ3n) is 3.27. The molecule has 1 aromatic heterocycles. The number of carbonyl (C=O) groups is 1. The number of fused-ring (bicyclic) bond motifs is 1. The Morgan fingerprint density at radius 3 is 2.62 bits per heavy atom. The summed E-state index contributed by atoms with van der Waals surface area (Å²) >= 11 is 1.50. The van der Waals surface area contributed by atoms with Crippen molar-refractivity contribution in [3.63, 3.8) is 0 Å². The van der Waals surface area contributed by atoms with Crippen molar-refractivity contribution in [2.75, 3.05) is 5.32 Å². The molecular formula is C18H19N3O2S. The fourth-order valence-corrected chi connectivity index (χ4v) is 3.27. The number of aromatic hydroxyl groups is 1. The first kappa shape index (κ1) is 16.3. The number of aromatic nitrogens is 1. The number of anilines is 1. The van der Waals surface area contributed by atoms with E-state index in [1.165, 1.54) is 11.3 Å². The first-order chi connectivity index (χ1) is 11.3. The molecule has 24 heavy (non-hydrogen) atoms. The first-order valence-corrected chi connectivity index (χ1v) is 8.42. The maximum absolute atomic E-state index is 12.0. The maximum Gasteiger partial charge on any atom is 0.319 e. The molecule has 0 atom stereocenters. The molecule has 3 rings (SSSR count). The highest BCUT2D eigenvalue weighted by Crippen LogP contribution is 2.36. The normalized spacial score (nSPS) is 11.5. The Morgan fingerprint density at radius 1 is 1.17 bits per heavy atom. The Labute approximate surface area is 144 Å². The molecule has 0 bridgehead atoms. The molecule has 3 aromatic rings. The maximum atomic E-state index is 12.0. The number of carbonyl (C=O) groups excluding carboxylic acids is 1. The molecule has 2 amide bonds. The Kier molecular flexibility index (Phi) is 4.15. The minimum Gasteiger partial charge on any atom is -0.507 e. The predicted octanol–water partition coefficient (Wildman–Crippen LogP) is 4.59. The molecule has 0 radical (unpaired) electrons. The van der Waals surface area contributed by atoms with E-state index in [1.807, 2.05) is 45.0 Å². The van der Waals surface area contributed by atoms with Gasteiger partial charge in [0, 0.05) is 11.2 Å². The number of amides is 2. The van der Waals surface area contributed by atoms with Gasteiger partial charge in [-0.1, -0.05) is 12.1 Å². The Morgan fingerprint density at radius 2 is 1.92 bits per heavy atom. The SMILES string of the molecule is CC(C)(C)NC(=O)Nc1ccc(O)c(-c2nc3ccccc3s2)c1. The van der Waals surface area contributed by atoms with Crippen molar-refractivity contribution in [3.05, 3.63) is 42.5 Å². The van der Waals surface area contributed by atoms with Crippen LogP contribution >= 0.6 is 11.3 Å². The first-order valence-electron chi connectivity index (χ1n) is 7.60. The second kappa shape index (κ2) is 6.13. The molecule has 3 N–H and O–H groups in total. The summed E-state index contributed by atoms with van der Waals surface area (Å²) in [7, 11) is 0. The van der Waals surface area contributed by atoms with Gasteiger partial charge < -0.3 is 15.7 Å². The van der Waals surface area contributed by atoms with Crippen LogP contribution in [0.15, 0.2) is 42.5 Å². The van der Waals surface area contributed by atoms with Crippen LogP contribution in [0.4, 0.5) is 10.5 Å². The number of phenols is 1. The minimum absolute atomic E-state index is 0.135. The zero-order valence-corrected chi connectivity index (χ0v) is 14.6. The van der Waals surface area contributed by atoms with Crippen LogP contribution in [0.3, 0.4) is 0 Å². The zero-order valence-electron chi connectivity index (χ0n) is 13.8. The van der Waals surface area contributed by atoms with E-state index < -0.39 is 0 Å². The number of hydrogen-bond donors (Lipinski definition) is 3. The number of rotatable bonds is 2. The van der Waals surface area contributed by atoms with Crippen LogP contribution in [-0.2, 0) is 0 Å². The number of phenolic OH excluding ortho intramolecular Hbond substituents is 1. The summed E-state index contributed by atoms with van der Waals surface area (Å²) < 4.78 is 1.05. The molecule has 0 saturated carbocycles. The lowest BCUT2D eigenvalue weighted by Crippen LogP contribution is -2.43. The molecule has 0 aliphatic rings. The third kappa shape index (κ3) is 3.65. The summed E-state index contributed by atoms with van der Waals surface area (Å²) in [6, 6.07) is 12.5. The van der Waals surface area contributed by atoms with Crippen molar-refractivity contribution >= 4 is 33.3 Å². The van der Waals surface area contributed by atoms with Gasteiger partial charge in [0.2, 0.25) is 0 Å². The quantitative estimate of drug-likeness (QED) is 0.597. The molecule has 0 spiro atoms. The molecule has 0 saturated heterocycles. The molecule has 0 aliphatic heterocycles. The lowest BCUT2D eigenvalue weighted by atomic mass is 10.1. The van der Waals surface area contributed by atoms with E-state index in [0.29, 0.717) is 16.3 Å². The van der Waals surface area contributed by atoms with Gasteiger partial charge >= 0.3 is 6.03 Å². The summed E-state index contributed by atoms with van der Waals surface area (Å²) in [6.07, 6.45) is 0. The van der Waals surface area contributed by atoms with Crippen LogP contribution in [0, 0.1) is 0 Å². The molecule has 124 valence electrons. The number of urea groups is 1. The van der Waals surface area contributed by atoms with Crippen molar-refractivity contribution < 1.29 is 9.90 Å². The second-order valence-electron chi connectivity index (χ2n) is 6.55. The fourth-order valence-electron chi connectivity index (χ4n) is 2.28. The van der Waals surface area contributed by atoms with E-state index in [2.05, 4.69) is 15.6 Å². The molecule has 6 heteroatoms.